The average molecular weight is 389 g/mol. The lowest BCUT2D eigenvalue weighted by Crippen LogP contribution is -2.44. The van der Waals surface area contributed by atoms with Gasteiger partial charge in [0.25, 0.3) is 10.0 Å². The molecule has 9 heteroatoms. The van der Waals surface area contributed by atoms with Crippen LogP contribution in [-0.4, -0.2) is 57.4 Å². The van der Waals surface area contributed by atoms with E-state index in [4.69, 9.17) is 0 Å². The summed E-state index contributed by atoms with van der Waals surface area (Å²) >= 11 is 0. The molecule has 0 spiro atoms. The summed E-state index contributed by atoms with van der Waals surface area (Å²) in [5, 5.41) is 2.60. The second kappa shape index (κ2) is 7.93. The predicted molar refractivity (Wildman–Crippen MR) is 106 cm³/mol. The molecule has 0 saturated carbocycles. The second-order valence-corrected chi connectivity index (χ2v) is 8.19. The third kappa shape index (κ3) is 4.95. The first kappa shape index (κ1) is 19.1. The Morgan fingerprint density at radius 2 is 1.63 bits per heavy atom. The van der Waals surface area contributed by atoms with Crippen LogP contribution in [0.4, 0.5) is 17.2 Å². The molecule has 1 aromatic carbocycles. The largest absolute Gasteiger partial charge is 0.354 e. The monoisotopic (exact) mass is 389 g/mol. The highest BCUT2D eigenvalue weighted by atomic mass is 32.2. The highest BCUT2D eigenvalue weighted by Gasteiger charge is 2.17. The zero-order chi connectivity index (χ0) is 19.4. The summed E-state index contributed by atoms with van der Waals surface area (Å²) in [5.41, 5.74) is 0.943. The number of rotatable bonds is 5. The smallest absolute Gasteiger partial charge is 0.261 e. The SMILES string of the molecule is CC(=O)Nc1ccc(S(=O)(=O)Nc2ccc(N3CCN(C)CC3)nc2)cc1. The van der Waals surface area contributed by atoms with E-state index in [0.717, 1.165) is 32.0 Å². The molecular weight excluding hydrogens is 366 g/mol. The molecule has 0 atom stereocenters. The van der Waals surface area contributed by atoms with Crippen molar-refractivity contribution in [2.45, 2.75) is 11.8 Å². The van der Waals surface area contributed by atoms with E-state index in [1.807, 2.05) is 6.07 Å². The van der Waals surface area contributed by atoms with Gasteiger partial charge in [-0.2, -0.15) is 0 Å². The van der Waals surface area contributed by atoms with Crippen molar-refractivity contribution in [3.05, 3.63) is 42.6 Å². The van der Waals surface area contributed by atoms with Gasteiger partial charge in [0.2, 0.25) is 5.91 Å². The summed E-state index contributed by atoms with van der Waals surface area (Å²) in [7, 11) is -1.64. The minimum absolute atomic E-state index is 0.111. The molecule has 1 fully saturated rings. The van der Waals surface area contributed by atoms with Crippen LogP contribution in [0.3, 0.4) is 0 Å². The number of nitrogens with zero attached hydrogens (tertiary/aromatic N) is 3. The number of likely N-dealkylation sites (N-methyl/N-ethyl adjacent to an activating group) is 1. The van der Waals surface area contributed by atoms with Gasteiger partial charge in [0.1, 0.15) is 5.82 Å². The van der Waals surface area contributed by atoms with Crippen molar-refractivity contribution < 1.29 is 13.2 Å². The predicted octanol–water partition coefficient (Wildman–Crippen LogP) is 1.59. The first-order chi connectivity index (χ1) is 12.8. The highest BCUT2D eigenvalue weighted by Crippen LogP contribution is 2.20. The van der Waals surface area contributed by atoms with E-state index in [1.54, 1.807) is 18.2 Å². The van der Waals surface area contributed by atoms with Gasteiger partial charge in [0.15, 0.2) is 0 Å². The van der Waals surface area contributed by atoms with E-state index >= 15 is 0 Å². The van der Waals surface area contributed by atoms with Crippen LogP contribution < -0.4 is 14.9 Å². The van der Waals surface area contributed by atoms with Crippen molar-refractivity contribution in [1.29, 1.82) is 0 Å². The Kier molecular flexibility index (Phi) is 5.62. The number of carbonyl (C=O) groups excluding carboxylic acids is 1. The number of hydrogen-bond donors (Lipinski definition) is 2. The maximum absolute atomic E-state index is 12.5. The van der Waals surface area contributed by atoms with Gasteiger partial charge in [-0.3, -0.25) is 9.52 Å². The Morgan fingerprint density at radius 1 is 1.00 bits per heavy atom. The number of hydrogen-bond acceptors (Lipinski definition) is 6. The van der Waals surface area contributed by atoms with Crippen LogP contribution in [0, 0.1) is 0 Å². The number of piperazine rings is 1. The van der Waals surface area contributed by atoms with Crippen LogP contribution in [0.5, 0.6) is 0 Å². The first-order valence-corrected chi connectivity index (χ1v) is 10.1. The average Bonchev–Trinajstić information content (AvgIpc) is 2.63. The van der Waals surface area contributed by atoms with Gasteiger partial charge in [-0.05, 0) is 43.4 Å². The summed E-state index contributed by atoms with van der Waals surface area (Å²) in [6.07, 6.45) is 1.52. The molecule has 1 amide bonds. The maximum atomic E-state index is 12.5. The number of aromatic nitrogens is 1. The van der Waals surface area contributed by atoms with E-state index in [9.17, 15) is 13.2 Å². The van der Waals surface area contributed by atoms with E-state index in [1.165, 1.54) is 25.3 Å². The Labute approximate surface area is 159 Å². The summed E-state index contributed by atoms with van der Waals surface area (Å²) in [5.74, 6) is 0.626. The quantitative estimate of drug-likeness (QED) is 0.807. The highest BCUT2D eigenvalue weighted by molar-refractivity contribution is 7.92. The van der Waals surface area contributed by atoms with E-state index < -0.39 is 10.0 Å². The number of benzene rings is 1. The summed E-state index contributed by atoms with van der Waals surface area (Å²) in [6.45, 7) is 5.14. The Balaban J connectivity index is 1.67. The third-order valence-corrected chi connectivity index (χ3v) is 5.71. The topological polar surface area (TPSA) is 94.6 Å². The number of pyridine rings is 1. The molecule has 0 aliphatic carbocycles. The number of carbonyl (C=O) groups is 1. The number of anilines is 3. The van der Waals surface area contributed by atoms with Gasteiger partial charge in [0.05, 0.1) is 16.8 Å². The lowest BCUT2D eigenvalue weighted by Gasteiger charge is -2.33. The molecule has 0 radical (unpaired) electrons. The van der Waals surface area contributed by atoms with Gasteiger partial charge >= 0.3 is 0 Å². The molecule has 8 nitrogen and oxygen atoms in total. The lowest BCUT2D eigenvalue weighted by atomic mass is 10.3. The minimum Gasteiger partial charge on any atom is -0.354 e. The fraction of sp³-hybridized carbons (Fsp3) is 0.333. The molecule has 1 aromatic heterocycles. The second-order valence-electron chi connectivity index (χ2n) is 6.51. The molecule has 0 bridgehead atoms. The van der Waals surface area contributed by atoms with Crippen LogP contribution in [0.15, 0.2) is 47.5 Å². The molecule has 27 heavy (non-hydrogen) atoms. The lowest BCUT2D eigenvalue weighted by molar-refractivity contribution is -0.114. The molecule has 144 valence electrons. The van der Waals surface area contributed by atoms with Gasteiger partial charge < -0.3 is 15.1 Å². The van der Waals surface area contributed by atoms with Gasteiger partial charge in [-0.15, -0.1) is 0 Å². The van der Waals surface area contributed by atoms with E-state index in [-0.39, 0.29) is 10.8 Å². The summed E-state index contributed by atoms with van der Waals surface area (Å²) in [6, 6.07) is 9.52. The number of nitrogens with one attached hydrogen (secondary N) is 2. The van der Waals surface area contributed by atoms with E-state index in [0.29, 0.717) is 11.4 Å². The van der Waals surface area contributed by atoms with Crippen LogP contribution in [0.2, 0.25) is 0 Å². The Morgan fingerprint density at radius 3 is 2.19 bits per heavy atom. The number of sulfonamides is 1. The van der Waals surface area contributed by atoms with Crippen LogP contribution >= 0.6 is 0 Å². The zero-order valence-corrected chi connectivity index (χ0v) is 16.2. The fourth-order valence-electron chi connectivity index (χ4n) is 2.80. The van der Waals surface area contributed by atoms with Crippen molar-refractivity contribution in [2.75, 3.05) is 48.2 Å². The van der Waals surface area contributed by atoms with Crippen molar-refractivity contribution in [2.24, 2.45) is 0 Å². The van der Waals surface area contributed by atoms with Crippen molar-refractivity contribution in [3.8, 4) is 0 Å². The van der Waals surface area contributed by atoms with Gasteiger partial charge in [-0.25, -0.2) is 13.4 Å². The fourth-order valence-corrected chi connectivity index (χ4v) is 3.85. The molecule has 2 heterocycles. The Hall–Kier alpha value is -2.65. The van der Waals surface area contributed by atoms with Crippen molar-refractivity contribution in [3.63, 3.8) is 0 Å². The minimum atomic E-state index is -3.73. The molecule has 0 unspecified atom stereocenters. The summed E-state index contributed by atoms with van der Waals surface area (Å²) < 4.78 is 27.6. The van der Waals surface area contributed by atoms with Crippen LogP contribution in [-0.2, 0) is 14.8 Å². The van der Waals surface area contributed by atoms with Gasteiger partial charge in [0, 0.05) is 38.8 Å². The Bertz CT molecular complexity index is 890. The van der Waals surface area contributed by atoms with E-state index in [2.05, 4.69) is 31.9 Å². The van der Waals surface area contributed by atoms with Gasteiger partial charge in [-0.1, -0.05) is 0 Å². The van der Waals surface area contributed by atoms with Crippen molar-refractivity contribution in [1.82, 2.24) is 9.88 Å². The van der Waals surface area contributed by atoms with Crippen LogP contribution in [0.25, 0.3) is 0 Å². The standard InChI is InChI=1S/C18H23N5O3S/c1-14(24)20-15-3-6-17(7-4-15)27(25,26)21-16-5-8-18(19-13-16)23-11-9-22(2)10-12-23/h3-8,13,21H,9-12H2,1-2H3,(H,20,24). The van der Waals surface area contributed by atoms with Crippen molar-refractivity contribution >= 4 is 33.1 Å². The molecule has 1 aliphatic rings. The molecule has 1 saturated heterocycles. The molecular formula is C18H23N5O3S. The van der Waals surface area contributed by atoms with Crippen LogP contribution in [0.1, 0.15) is 6.92 Å². The molecule has 2 aromatic rings. The molecule has 3 rings (SSSR count). The normalized spacial score (nSPS) is 15.4. The number of amides is 1. The first-order valence-electron chi connectivity index (χ1n) is 8.63. The third-order valence-electron chi connectivity index (χ3n) is 4.31. The molecule has 1 aliphatic heterocycles. The molecule has 2 N–H and O–H groups in total. The summed E-state index contributed by atoms with van der Waals surface area (Å²) in [4.78, 5) is 20.0. The zero-order valence-electron chi connectivity index (χ0n) is 15.3. The maximum Gasteiger partial charge on any atom is 0.261 e.